The van der Waals surface area contributed by atoms with Gasteiger partial charge in [0.2, 0.25) is 5.78 Å². The molecule has 0 aliphatic rings. The van der Waals surface area contributed by atoms with Gasteiger partial charge < -0.3 is 5.32 Å². The number of carbonyl (C=O) groups excluding carboxylic acids is 1. The Kier molecular flexibility index (Phi) is 6.06. The molecule has 0 aromatic heterocycles. The van der Waals surface area contributed by atoms with Gasteiger partial charge in [-0.25, -0.2) is 0 Å². The molecule has 2 nitrogen and oxygen atoms in total. The summed E-state index contributed by atoms with van der Waals surface area (Å²) >= 11 is 0. The highest BCUT2D eigenvalue weighted by molar-refractivity contribution is 6.08. The van der Waals surface area contributed by atoms with Crippen LogP contribution in [0, 0.1) is 17.3 Å². The van der Waals surface area contributed by atoms with Crippen molar-refractivity contribution >= 4 is 11.5 Å². The molecule has 0 aliphatic carbocycles. The average Bonchev–Trinajstić information content (AvgIpc) is 2.41. The second-order valence-corrected chi connectivity index (χ2v) is 5.72. The number of hydrogen-bond acceptors (Lipinski definition) is 2. The zero-order valence-corrected chi connectivity index (χ0v) is 12.8. The molecule has 1 aromatic carbocycles. The SMILES string of the molecule is CCCN/C(=C\C(=O)C#CC(C)(C)C)c1ccccc1. The van der Waals surface area contributed by atoms with Crippen LogP contribution >= 0.6 is 0 Å². The van der Waals surface area contributed by atoms with E-state index >= 15 is 0 Å². The van der Waals surface area contributed by atoms with Gasteiger partial charge in [-0.2, -0.15) is 0 Å². The first-order valence-electron chi connectivity index (χ1n) is 7.00. The Morgan fingerprint density at radius 3 is 2.45 bits per heavy atom. The van der Waals surface area contributed by atoms with E-state index in [1.54, 1.807) is 6.08 Å². The minimum Gasteiger partial charge on any atom is -0.384 e. The Balaban J connectivity index is 2.95. The van der Waals surface area contributed by atoms with E-state index in [9.17, 15) is 4.79 Å². The normalized spacial score (nSPS) is 11.5. The molecule has 0 atom stereocenters. The molecule has 0 aliphatic heterocycles. The molecular weight excluding hydrogens is 246 g/mol. The van der Waals surface area contributed by atoms with Crippen molar-refractivity contribution in [1.29, 1.82) is 0 Å². The molecule has 106 valence electrons. The van der Waals surface area contributed by atoms with E-state index in [-0.39, 0.29) is 11.2 Å². The second kappa shape index (κ2) is 7.55. The molecule has 0 unspecified atom stereocenters. The number of nitrogens with one attached hydrogen (secondary N) is 1. The number of rotatable bonds is 5. The molecular formula is C18H23NO. The molecule has 1 aromatic rings. The van der Waals surface area contributed by atoms with Gasteiger partial charge in [-0.05, 0) is 38.7 Å². The van der Waals surface area contributed by atoms with Gasteiger partial charge in [0.05, 0.1) is 0 Å². The van der Waals surface area contributed by atoms with Gasteiger partial charge in [0.15, 0.2) is 0 Å². The van der Waals surface area contributed by atoms with E-state index in [1.807, 2.05) is 51.1 Å². The zero-order valence-electron chi connectivity index (χ0n) is 12.8. The Hall–Kier alpha value is -2.01. The van der Waals surface area contributed by atoms with Crippen LogP contribution in [0.5, 0.6) is 0 Å². The maximum atomic E-state index is 11.9. The standard InChI is InChI=1S/C18H23NO/c1-5-13-19-17(15-9-7-6-8-10-15)14-16(20)11-12-18(2,3)4/h6-10,14,19H,5,13H2,1-4H3/b17-14-. The Morgan fingerprint density at radius 2 is 1.90 bits per heavy atom. The average molecular weight is 269 g/mol. The summed E-state index contributed by atoms with van der Waals surface area (Å²) < 4.78 is 0. The van der Waals surface area contributed by atoms with Crippen LogP contribution in [0.25, 0.3) is 5.70 Å². The number of carbonyl (C=O) groups is 1. The smallest absolute Gasteiger partial charge is 0.230 e. The van der Waals surface area contributed by atoms with Crippen LogP contribution in [0.1, 0.15) is 39.7 Å². The molecule has 1 rings (SSSR count). The Labute approximate surface area is 122 Å². The minimum atomic E-state index is -0.164. The second-order valence-electron chi connectivity index (χ2n) is 5.72. The first-order chi connectivity index (χ1) is 9.42. The van der Waals surface area contributed by atoms with Gasteiger partial charge in [-0.3, -0.25) is 4.79 Å². The van der Waals surface area contributed by atoms with Crippen LogP contribution in [0.3, 0.4) is 0 Å². The van der Waals surface area contributed by atoms with Gasteiger partial charge in [0, 0.05) is 23.7 Å². The van der Waals surface area contributed by atoms with Gasteiger partial charge in [0.25, 0.3) is 0 Å². The lowest BCUT2D eigenvalue weighted by molar-refractivity contribution is -0.109. The molecule has 0 saturated carbocycles. The monoisotopic (exact) mass is 269 g/mol. The lowest BCUT2D eigenvalue weighted by Gasteiger charge is -2.10. The van der Waals surface area contributed by atoms with E-state index in [4.69, 9.17) is 0 Å². The molecule has 1 N–H and O–H groups in total. The van der Waals surface area contributed by atoms with Gasteiger partial charge in [0.1, 0.15) is 0 Å². The van der Waals surface area contributed by atoms with Crippen molar-refractivity contribution < 1.29 is 4.79 Å². The van der Waals surface area contributed by atoms with Crippen LogP contribution in [0.2, 0.25) is 0 Å². The van der Waals surface area contributed by atoms with Crippen LogP contribution in [-0.2, 0) is 4.79 Å². The van der Waals surface area contributed by atoms with Crippen molar-refractivity contribution in [1.82, 2.24) is 5.32 Å². The first kappa shape index (κ1) is 16.0. The van der Waals surface area contributed by atoms with Crippen molar-refractivity contribution in [3.8, 4) is 11.8 Å². The van der Waals surface area contributed by atoms with Gasteiger partial charge >= 0.3 is 0 Å². The number of ketones is 1. The fourth-order valence-corrected chi connectivity index (χ4v) is 1.53. The van der Waals surface area contributed by atoms with E-state index in [1.165, 1.54) is 0 Å². The lowest BCUT2D eigenvalue weighted by Crippen LogP contribution is -2.14. The minimum absolute atomic E-state index is 0.159. The third-order valence-electron chi connectivity index (χ3n) is 2.49. The quantitative estimate of drug-likeness (QED) is 0.502. The number of benzene rings is 1. The van der Waals surface area contributed by atoms with E-state index in [0.717, 1.165) is 24.2 Å². The van der Waals surface area contributed by atoms with Crippen LogP contribution < -0.4 is 5.32 Å². The third-order valence-corrected chi connectivity index (χ3v) is 2.49. The fraction of sp³-hybridized carbons (Fsp3) is 0.389. The van der Waals surface area contributed by atoms with Crippen LogP contribution in [-0.4, -0.2) is 12.3 Å². The van der Waals surface area contributed by atoms with Gasteiger partial charge in [-0.1, -0.05) is 43.2 Å². The lowest BCUT2D eigenvalue weighted by atomic mass is 9.98. The predicted octanol–water partition coefficient (Wildman–Crippen LogP) is 3.65. The zero-order chi connectivity index (χ0) is 15.0. The molecule has 0 fully saturated rings. The van der Waals surface area contributed by atoms with E-state index in [2.05, 4.69) is 24.1 Å². The van der Waals surface area contributed by atoms with Crippen molar-refractivity contribution in [3.05, 3.63) is 42.0 Å². The fourth-order valence-electron chi connectivity index (χ4n) is 1.53. The molecule has 2 heteroatoms. The predicted molar refractivity (Wildman–Crippen MR) is 85.0 cm³/mol. The molecule has 0 radical (unpaired) electrons. The Morgan fingerprint density at radius 1 is 1.25 bits per heavy atom. The largest absolute Gasteiger partial charge is 0.384 e. The molecule has 0 amide bonds. The highest BCUT2D eigenvalue weighted by Crippen LogP contribution is 2.12. The van der Waals surface area contributed by atoms with Crippen molar-refractivity contribution in [2.75, 3.05) is 6.54 Å². The topological polar surface area (TPSA) is 29.1 Å². The van der Waals surface area contributed by atoms with Crippen LogP contribution in [0.15, 0.2) is 36.4 Å². The Bertz CT molecular complexity index is 524. The number of allylic oxidation sites excluding steroid dienone is 1. The summed E-state index contributed by atoms with van der Waals surface area (Å²) in [5.74, 6) is 5.49. The highest BCUT2D eigenvalue weighted by atomic mass is 16.1. The van der Waals surface area contributed by atoms with E-state index < -0.39 is 0 Å². The van der Waals surface area contributed by atoms with E-state index in [0.29, 0.717) is 0 Å². The summed E-state index contributed by atoms with van der Waals surface area (Å²) in [4.78, 5) is 11.9. The molecule has 0 heterocycles. The van der Waals surface area contributed by atoms with Crippen LogP contribution in [0.4, 0.5) is 0 Å². The third kappa shape index (κ3) is 6.24. The van der Waals surface area contributed by atoms with Crippen molar-refractivity contribution in [2.24, 2.45) is 5.41 Å². The summed E-state index contributed by atoms with van der Waals surface area (Å²) in [6.45, 7) is 8.90. The summed E-state index contributed by atoms with van der Waals surface area (Å²) in [7, 11) is 0. The summed E-state index contributed by atoms with van der Waals surface area (Å²) in [6, 6.07) is 9.85. The maximum absolute atomic E-state index is 11.9. The summed E-state index contributed by atoms with van der Waals surface area (Å²) in [5.41, 5.74) is 1.68. The first-order valence-corrected chi connectivity index (χ1v) is 7.00. The molecule has 0 spiro atoms. The molecule has 0 bridgehead atoms. The van der Waals surface area contributed by atoms with Crippen molar-refractivity contribution in [3.63, 3.8) is 0 Å². The highest BCUT2D eigenvalue weighted by Gasteiger charge is 2.06. The summed E-state index contributed by atoms with van der Waals surface area (Å²) in [5, 5.41) is 3.29. The molecule has 20 heavy (non-hydrogen) atoms. The summed E-state index contributed by atoms with van der Waals surface area (Å²) in [6.07, 6.45) is 2.59. The number of hydrogen-bond donors (Lipinski definition) is 1. The van der Waals surface area contributed by atoms with Crippen molar-refractivity contribution in [2.45, 2.75) is 34.1 Å². The molecule has 0 saturated heterocycles. The van der Waals surface area contributed by atoms with Gasteiger partial charge in [-0.15, -0.1) is 0 Å². The maximum Gasteiger partial charge on any atom is 0.230 e.